The molecule has 0 fully saturated rings. The zero-order valence-corrected chi connectivity index (χ0v) is 16.8. The van der Waals surface area contributed by atoms with E-state index in [4.69, 9.17) is 0 Å². The number of benzene rings is 3. The summed E-state index contributed by atoms with van der Waals surface area (Å²) >= 11 is 0. The number of anilines is 2. The Morgan fingerprint density at radius 2 is 1.16 bits per heavy atom. The largest absolute Gasteiger partial charge is 0.303 e. The first-order valence-corrected chi connectivity index (χ1v) is 9.68. The van der Waals surface area contributed by atoms with Gasteiger partial charge in [-0.25, -0.2) is 5.01 Å². The van der Waals surface area contributed by atoms with Gasteiger partial charge < -0.3 is 4.90 Å². The van der Waals surface area contributed by atoms with E-state index in [0.29, 0.717) is 11.4 Å². The van der Waals surface area contributed by atoms with Gasteiger partial charge in [0.05, 0.1) is 16.8 Å². The molecular formula is C24H19N3O4. The molecule has 4 rings (SSSR count). The molecule has 1 aliphatic heterocycles. The maximum atomic E-state index is 13.4. The Morgan fingerprint density at radius 3 is 1.65 bits per heavy atom. The van der Waals surface area contributed by atoms with Gasteiger partial charge in [0.2, 0.25) is 5.91 Å². The zero-order chi connectivity index (χ0) is 22.0. The Labute approximate surface area is 179 Å². The van der Waals surface area contributed by atoms with Crippen molar-refractivity contribution in [1.29, 1.82) is 0 Å². The monoisotopic (exact) mass is 413 g/mol. The minimum absolute atomic E-state index is 0.229. The molecule has 0 saturated heterocycles. The SMILES string of the molecule is CC(=O)N(CC(=O)N(c1ccccc1)N1C(=O)c2ccccc2C1=O)c1ccccc1. The van der Waals surface area contributed by atoms with Crippen molar-refractivity contribution in [3.05, 3.63) is 96.1 Å². The van der Waals surface area contributed by atoms with Crippen LogP contribution in [0.2, 0.25) is 0 Å². The van der Waals surface area contributed by atoms with Gasteiger partial charge >= 0.3 is 0 Å². The van der Waals surface area contributed by atoms with Crippen molar-refractivity contribution in [1.82, 2.24) is 5.01 Å². The van der Waals surface area contributed by atoms with Gasteiger partial charge in [0.1, 0.15) is 6.54 Å². The molecule has 154 valence electrons. The normalized spacial score (nSPS) is 12.5. The highest BCUT2D eigenvalue weighted by Crippen LogP contribution is 2.28. The van der Waals surface area contributed by atoms with Crippen LogP contribution in [0, 0.1) is 0 Å². The first kappa shape index (κ1) is 20.0. The fraction of sp³-hybridized carbons (Fsp3) is 0.0833. The summed E-state index contributed by atoms with van der Waals surface area (Å²) in [4.78, 5) is 53.1. The van der Waals surface area contributed by atoms with Crippen molar-refractivity contribution in [2.45, 2.75) is 6.92 Å². The Balaban J connectivity index is 1.73. The van der Waals surface area contributed by atoms with E-state index in [2.05, 4.69) is 0 Å². The van der Waals surface area contributed by atoms with Gasteiger partial charge in [0, 0.05) is 12.6 Å². The molecule has 3 aromatic carbocycles. The lowest BCUT2D eigenvalue weighted by atomic mass is 10.1. The predicted octanol–water partition coefficient (Wildman–Crippen LogP) is 3.28. The number of imide groups is 1. The molecule has 0 spiro atoms. The van der Waals surface area contributed by atoms with Crippen LogP contribution in [0.1, 0.15) is 27.6 Å². The molecule has 1 aliphatic rings. The van der Waals surface area contributed by atoms with Crippen LogP contribution in [-0.4, -0.2) is 35.2 Å². The van der Waals surface area contributed by atoms with Crippen molar-refractivity contribution in [2.75, 3.05) is 16.5 Å². The standard InChI is InChI=1S/C24H19N3O4/c1-17(28)25(18-10-4-2-5-11-18)16-22(29)26(19-12-6-3-7-13-19)27-23(30)20-14-8-9-15-21(20)24(27)31/h2-15H,16H2,1H3. The van der Waals surface area contributed by atoms with Crippen LogP contribution in [-0.2, 0) is 9.59 Å². The number of hydrazine groups is 1. The van der Waals surface area contributed by atoms with Crippen LogP contribution in [0.25, 0.3) is 0 Å². The second kappa shape index (κ2) is 8.23. The van der Waals surface area contributed by atoms with Crippen molar-refractivity contribution in [3.8, 4) is 0 Å². The van der Waals surface area contributed by atoms with Crippen LogP contribution < -0.4 is 9.91 Å². The lowest BCUT2D eigenvalue weighted by Crippen LogP contribution is -2.53. The van der Waals surface area contributed by atoms with E-state index >= 15 is 0 Å². The number of nitrogens with zero attached hydrogens (tertiary/aromatic N) is 3. The molecule has 0 aromatic heterocycles. The van der Waals surface area contributed by atoms with Crippen molar-refractivity contribution >= 4 is 35.0 Å². The lowest BCUT2D eigenvalue weighted by Gasteiger charge is -2.32. The van der Waals surface area contributed by atoms with Crippen molar-refractivity contribution in [2.24, 2.45) is 0 Å². The first-order chi connectivity index (χ1) is 15.0. The number of para-hydroxylation sites is 2. The quantitative estimate of drug-likeness (QED) is 0.602. The summed E-state index contributed by atoms with van der Waals surface area (Å²) < 4.78 is 0. The second-order valence-electron chi connectivity index (χ2n) is 6.95. The van der Waals surface area contributed by atoms with Crippen LogP contribution in [0.5, 0.6) is 0 Å². The number of carbonyl (C=O) groups is 4. The molecule has 0 aliphatic carbocycles. The minimum atomic E-state index is -0.597. The van der Waals surface area contributed by atoms with Crippen LogP contribution >= 0.6 is 0 Å². The maximum Gasteiger partial charge on any atom is 0.281 e. The molecule has 0 atom stereocenters. The molecular weight excluding hydrogens is 394 g/mol. The van der Waals surface area contributed by atoms with Gasteiger partial charge in [-0.3, -0.25) is 19.2 Å². The first-order valence-electron chi connectivity index (χ1n) is 9.68. The van der Waals surface area contributed by atoms with Gasteiger partial charge in [-0.1, -0.05) is 48.5 Å². The number of hydrogen-bond acceptors (Lipinski definition) is 4. The summed E-state index contributed by atoms with van der Waals surface area (Å²) in [5.41, 5.74) is 1.35. The number of carbonyl (C=O) groups excluding carboxylic acids is 4. The number of rotatable bonds is 5. The van der Waals surface area contributed by atoms with E-state index in [0.717, 1.165) is 10.0 Å². The van der Waals surface area contributed by atoms with Crippen LogP contribution in [0.15, 0.2) is 84.9 Å². The Kier molecular flexibility index (Phi) is 5.32. The average Bonchev–Trinajstić information content (AvgIpc) is 3.04. The smallest absolute Gasteiger partial charge is 0.281 e. The molecule has 31 heavy (non-hydrogen) atoms. The number of fused-ring (bicyclic) bond motifs is 1. The highest BCUT2D eigenvalue weighted by molar-refractivity contribution is 6.24. The summed E-state index contributed by atoms with van der Waals surface area (Å²) in [7, 11) is 0. The van der Waals surface area contributed by atoms with Gasteiger partial charge in [-0.15, -0.1) is 0 Å². The maximum absolute atomic E-state index is 13.4. The van der Waals surface area contributed by atoms with E-state index in [1.165, 1.54) is 11.8 Å². The molecule has 0 radical (unpaired) electrons. The predicted molar refractivity (Wildman–Crippen MR) is 115 cm³/mol. The molecule has 0 bridgehead atoms. The van der Waals surface area contributed by atoms with Gasteiger partial charge in [0.15, 0.2) is 0 Å². The Bertz CT molecular complexity index is 1130. The van der Waals surface area contributed by atoms with Crippen LogP contribution in [0.3, 0.4) is 0 Å². The van der Waals surface area contributed by atoms with Gasteiger partial charge in [-0.05, 0) is 36.4 Å². The molecule has 3 aromatic rings. The van der Waals surface area contributed by atoms with Crippen LogP contribution in [0.4, 0.5) is 11.4 Å². The third kappa shape index (κ3) is 3.69. The summed E-state index contributed by atoms with van der Waals surface area (Å²) in [6.45, 7) is 1.01. The molecule has 0 unspecified atom stereocenters. The van der Waals surface area contributed by atoms with E-state index < -0.39 is 17.7 Å². The molecule has 7 heteroatoms. The third-order valence-electron chi connectivity index (χ3n) is 4.95. The molecule has 0 saturated carbocycles. The van der Waals surface area contributed by atoms with Crippen molar-refractivity contribution < 1.29 is 19.2 Å². The van der Waals surface area contributed by atoms with E-state index in [9.17, 15) is 19.2 Å². The van der Waals surface area contributed by atoms with Crippen molar-refractivity contribution in [3.63, 3.8) is 0 Å². The molecule has 1 heterocycles. The zero-order valence-electron chi connectivity index (χ0n) is 16.8. The Morgan fingerprint density at radius 1 is 0.710 bits per heavy atom. The molecule has 0 N–H and O–H groups in total. The number of amides is 4. The summed E-state index contributed by atoms with van der Waals surface area (Å²) in [6, 6.07) is 23.6. The minimum Gasteiger partial charge on any atom is -0.303 e. The molecule has 7 nitrogen and oxygen atoms in total. The van der Waals surface area contributed by atoms with E-state index in [-0.39, 0.29) is 23.6 Å². The Hall–Kier alpha value is -4.26. The highest BCUT2D eigenvalue weighted by atomic mass is 16.2. The van der Waals surface area contributed by atoms with Gasteiger partial charge in [0.25, 0.3) is 17.7 Å². The third-order valence-corrected chi connectivity index (χ3v) is 4.95. The lowest BCUT2D eigenvalue weighted by molar-refractivity contribution is -0.122. The van der Waals surface area contributed by atoms with Gasteiger partial charge in [-0.2, -0.15) is 5.01 Å². The fourth-order valence-corrected chi connectivity index (χ4v) is 3.49. The molecule has 4 amide bonds. The summed E-state index contributed by atoms with van der Waals surface area (Å²) in [5, 5.41) is 1.88. The topological polar surface area (TPSA) is 78.0 Å². The summed E-state index contributed by atoms with van der Waals surface area (Å²) in [5.74, 6) is -2.12. The fourth-order valence-electron chi connectivity index (χ4n) is 3.49. The van der Waals surface area contributed by atoms with E-state index in [1.807, 2.05) is 0 Å². The number of hydrogen-bond donors (Lipinski definition) is 0. The van der Waals surface area contributed by atoms with E-state index in [1.54, 1.807) is 84.9 Å². The highest BCUT2D eigenvalue weighted by Gasteiger charge is 2.42. The summed E-state index contributed by atoms with van der Waals surface area (Å²) in [6.07, 6.45) is 0. The second-order valence-corrected chi connectivity index (χ2v) is 6.95. The average molecular weight is 413 g/mol.